The molecule has 1 unspecified atom stereocenters. The minimum atomic E-state index is -3.76. The van der Waals surface area contributed by atoms with E-state index in [9.17, 15) is 17.6 Å². The van der Waals surface area contributed by atoms with Gasteiger partial charge in [0, 0.05) is 19.0 Å². The number of nitrogens with one attached hydrogen (secondary N) is 1. The maximum absolute atomic E-state index is 14.0. The SMILES string of the molecule is C[C@H](CN(c1cccc(F)c1)S(=O)(=O)Cc1ccccc1)N1CCC(CC(=O)NC2C=NN=N2)CC1. The zero-order chi connectivity index (χ0) is 25.5. The Morgan fingerprint density at radius 1 is 1.17 bits per heavy atom. The Morgan fingerprint density at radius 2 is 1.92 bits per heavy atom. The normalized spacial score (nSPS) is 19.3. The molecule has 2 atom stereocenters. The third-order valence-electron chi connectivity index (χ3n) is 6.54. The topological polar surface area (TPSA) is 107 Å². The van der Waals surface area contributed by atoms with Gasteiger partial charge in [-0.1, -0.05) is 36.4 Å². The van der Waals surface area contributed by atoms with Gasteiger partial charge in [-0.05, 0) is 67.8 Å². The number of benzene rings is 2. The molecule has 2 aliphatic rings. The summed E-state index contributed by atoms with van der Waals surface area (Å²) in [4.78, 5) is 14.5. The van der Waals surface area contributed by atoms with Crippen molar-refractivity contribution in [1.82, 2.24) is 10.2 Å². The molecule has 1 N–H and O–H groups in total. The van der Waals surface area contributed by atoms with E-state index in [1.54, 1.807) is 30.3 Å². The molecule has 2 aliphatic heterocycles. The van der Waals surface area contributed by atoms with Crippen molar-refractivity contribution in [3.8, 4) is 0 Å². The average Bonchev–Trinajstić information content (AvgIpc) is 3.36. The highest BCUT2D eigenvalue weighted by atomic mass is 32.2. The number of nitrogens with zero attached hydrogens (tertiary/aromatic N) is 5. The zero-order valence-corrected chi connectivity index (χ0v) is 21.0. The maximum Gasteiger partial charge on any atom is 0.239 e. The largest absolute Gasteiger partial charge is 0.328 e. The van der Waals surface area contributed by atoms with Crippen LogP contribution in [0.2, 0.25) is 0 Å². The molecule has 2 aromatic carbocycles. The van der Waals surface area contributed by atoms with Crippen LogP contribution >= 0.6 is 0 Å². The van der Waals surface area contributed by atoms with Crippen LogP contribution in [0, 0.1) is 11.7 Å². The Kier molecular flexibility index (Phi) is 8.42. The van der Waals surface area contributed by atoms with Gasteiger partial charge in [0.2, 0.25) is 15.9 Å². The Morgan fingerprint density at radius 3 is 2.58 bits per heavy atom. The molecule has 0 spiro atoms. The molecule has 1 fully saturated rings. The minimum Gasteiger partial charge on any atom is -0.328 e. The highest BCUT2D eigenvalue weighted by molar-refractivity contribution is 7.92. The number of carbonyl (C=O) groups excluding carboxylic acids is 1. The molecule has 0 bridgehead atoms. The highest BCUT2D eigenvalue weighted by Crippen LogP contribution is 2.26. The van der Waals surface area contributed by atoms with E-state index >= 15 is 0 Å². The third kappa shape index (κ3) is 6.94. The fraction of sp³-hybridized carbons (Fsp3) is 0.440. The summed E-state index contributed by atoms with van der Waals surface area (Å²) in [5.74, 6) is -0.489. The number of hydrogen-bond acceptors (Lipinski definition) is 7. The zero-order valence-electron chi connectivity index (χ0n) is 20.2. The molecule has 1 amide bonds. The van der Waals surface area contributed by atoms with Gasteiger partial charge in [-0.3, -0.25) is 14.0 Å². The molecule has 2 aromatic rings. The predicted molar refractivity (Wildman–Crippen MR) is 136 cm³/mol. The lowest BCUT2D eigenvalue weighted by molar-refractivity contribution is -0.122. The molecular weight excluding hydrogens is 483 g/mol. The number of amides is 1. The monoisotopic (exact) mass is 514 g/mol. The van der Waals surface area contributed by atoms with Crippen LogP contribution in [-0.4, -0.2) is 57.3 Å². The lowest BCUT2D eigenvalue weighted by Gasteiger charge is -2.38. The van der Waals surface area contributed by atoms with Crippen LogP contribution in [0.5, 0.6) is 0 Å². The standard InChI is InChI=1S/C25H31FN6O3S/c1-19(31-12-10-20(11-13-31)14-25(33)28-24-16-27-30-29-24)17-32(23-9-5-8-22(26)15-23)36(34,35)18-21-6-3-2-4-7-21/h2-9,15-16,19-20,24H,10-14,17-18H2,1H3,(H,28,33)/t19-,24?/m1/s1. The van der Waals surface area contributed by atoms with Crippen molar-refractivity contribution in [1.29, 1.82) is 0 Å². The Bertz CT molecular complexity index is 1190. The highest BCUT2D eigenvalue weighted by Gasteiger charge is 2.30. The summed E-state index contributed by atoms with van der Waals surface area (Å²) in [6, 6.07) is 14.6. The van der Waals surface area contributed by atoms with Crippen molar-refractivity contribution in [3.05, 3.63) is 66.0 Å². The van der Waals surface area contributed by atoms with Crippen molar-refractivity contribution < 1.29 is 17.6 Å². The summed E-state index contributed by atoms with van der Waals surface area (Å²) in [7, 11) is -3.76. The van der Waals surface area contributed by atoms with Gasteiger partial charge in [-0.2, -0.15) is 0 Å². The van der Waals surface area contributed by atoms with E-state index in [4.69, 9.17) is 0 Å². The van der Waals surface area contributed by atoms with Gasteiger partial charge in [0.25, 0.3) is 0 Å². The molecule has 0 radical (unpaired) electrons. The first-order chi connectivity index (χ1) is 17.3. The van der Waals surface area contributed by atoms with Crippen LogP contribution in [0.4, 0.5) is 10.1 Å². The van der Waals surface area contributed by atoms with Gasteiger partial charge in [0.15, 0.2) is 6.17 Å². The number of likely N-dealkylation sites (tertiary alicyclic amines) is 1. The lowest BCUT2D eigenvalue weighted by atomic mass is 9.92. The molecule has 1 saturated heterocycles. The second-order valence-corrected chi connectivity index (χ2v) is 11.2. The van der Waals surface area contributed by atoms with E-state index in [0.29, 0.717) is 17.7 Å². The third-order valence-corrected chi connectivity index (χ3v) is 8.27. The first kappa shape index (κ1) is 25.9. The number of rotatable bonds is 10. The first-order valence-electron chi connectivity index (χ1n) is 12.1. The maximum atomic E-state index is 14.0. The summed E-state index contributed by atoms with van der Waals surface area (Å²) in [5.41, 5.74) is 0.993. The molecule has 0 aromatic heterocycles. The molecular formula is C25H31FN6O3S. The minimum absolute atomic E-state index is 0.0805. The number of anilines is 1. The van der Waals surface area contributed by atoms with Gasteiger partial charge >= 0.3 is 0 Å². The second-order valence-electron chi connectivity index (χ2n) is 9.27. The van der Waals surface area contributed by atoms with E-state index in [0.717, 1.165) is 25.9 Å². The quantitative estimate of drug-likeness (QED) is 0.523. The molecule has 36 heavy (non-hydrogen) atoms. The fourth-order valence-electron chi connectivity index (χ4n) is 4.59. The van der Waals surface area contributed by atoms with Crippen molar-refractivity contribution >= 4 is 27.8 Å². The van der Waals surface area contributed by atoms with Crippen LogP contribution in [0.1, 0.15) is 31.7 Å². The van der Waals surface area contributed by atoms with Gasteiger partial charge in [-0.15, -0.1) is 10.2 Å². The average molecular weight is 515 g/mol. The Balaban J connectivity index is 1.38. The van der Waals surface area contributed by atoms with E-state index < -0.39 is 22.0 Å². The van der Waals surface area contributed by atoms with Crippen LogP contribution in [0.3, 0.4) is 0 Å². The van der Waals surface area contributed by atoms with Crippen molar-refractivity contribution in [3.63, 3.8) is 0 Å². The first-order valence-corrected chi connectivity index (χ1v) is 13.7. The van der Waals surface area contributed by atoms with Crippen LogP contribution in [-0.2, 0) is 20.6 Å². The molecule has 0 aliphatic carbocycles. The van der Waals surface area contributed by atoms with Crippen molar-refractivity contribution in [2.75, 3.05) is 23.9 Å². The molecule has 2 heterocycles. The molecule has 192 valence electrons. The van der Waals surface area contributed by atoms with Gasteiger partial charge in [0.05, 0.1) is 17.7 Å². The van der Waals surface area contributed by atoms with Crippen molar-refractivity contribution in [2.45, 2.75) is 44.1 Å². The van der Waals surface area contributed by atoms with E-state index in [1.165, 1.54) is 28.7 Å². The summed E-state index contributed by atoms with van der Waals surface area (Å²) in [6.07, 6.45) is 3.06. The summed E-state index contributed by atoms with van der Waals surface area (Å²) < 4.78 is 42.3. The smallest absolute Gasteiger partial charge is 0.239 e. The predicted octanol–water partition coefficient (Wildman–Crippen LogP) is 3.55. The summed E-state index contributed by atoms with van der Waals surface area (Å²) in [6.45, 7) is 3.69. The number of sulfonamides is 1. The van der Waals surface area contributed by atoms with Gasteiger partial charge in [0.1, 0.15) is 5.82 Å². The summed E-state index contributed by atoms with van der Waals surface area (Å²) >= 11 is 0. The van der Waals surface area contributed by atoms with Crippen LogP contribution < -0.4 is 9.62 Å². The molecule has 0 saturated carbocycles. The second kappa shape index (κ2) is 11.7. The van der Waals surface area contributed by atoms with Gasteiger partial charge in [-0.25, -0.2) is 12.8 Å². The van der Waals surface area contributed by atoms with Crippen molar-refractivity contribution in [2.24, 2.45) is 21.4 Å². The number of piperidine rings is 1. The fourth-order valence-corrected chi connectivity index (χ4v) is 6.23. The Labute approximate surface area is 211 Å². The summed E-state index contributed by atoms with van der Waals surface area (Å²) in [5, 5.41) is 13.7. The van der Waals surface area contributed by atoms with E-state index in [2.05, 4.69) is 25.7 Å². The molecule has 9 nitrogen and oxygen atoms in total. The van der Waals surface area contributed by atoms with Gasteiger partial charge < -0.3 is 5.32 Å². The molecule has 11 heteroatoms. The number of hydrogen-bond donors (Lipinski definition) is 1. The number of halogens is 1. The van der Waals surface area contributed by atoms with E-state index in [-0.39, 0.29) is 30.2 Å². The van der Waals surface area contributed by atoms with Crippen LogP contribution in [0.15, 0.2) is 70.0 Å². The number of carbonyl (C=O) groups is 1. The lowest BCUT2D eigenvalue weighted by Crippen LogP contribution is -2.48. The molecule has 4 rings (SSSR count). The Hall–Kier alpha value is -3.18. The van der Waals surface area contributed by atoms with E-state index in [1.807, 2.05) is 13.0 Å². The van der Waals surface area contributed by atoms with Crippen LogP contribution in [0.25, 0.3) is 0 Å².